The van der Waals surface area contributed by atoms with E-state index in [0.717, 1.165) is 18.5 Å². The van der Waals surface area contributed by atoms with Crippen LogP contribution < -0.4 is 10.7 Å². The summed E-state index contributed by atoms with van der Waals surface area (Å²) in [4.78, 5) is 28.2. The van der Waals surface area contributed by atoms with E-state index in [1.807, 2.05) is 6.20 Å². The number of nitrogens with zero attached hydrogens (tertiary/aromatic N) is 3. The Kier molecular flexibility index (Phi) is 2.87. The lowest BCUT2D eigenvalue weighted by Gasteiger charge is -2.41. The average molecular weight is 353 g/mol. The van der Waals surface area contributed by atoms with Gasteiger partial charge in [-0.1, -0.05) is 0 Å². The van der Waals surface area contributed by atoms with Gasteiger partial charge in [-0.3, -0.25) is 14.3 Å². The molecule has 6 rings (SSSR count). The summed E-state index contributed by atoms with van der Waals surface area (Å²) < 4.78 is 9.24. The third kappa shape index (κ3) is 2.15. The molecule has 1 amide bonds. The molecule has 0 aromatic carbocycles. The number of rotatable bonds is 3. The number of fused-ring (bicyclic) bond motifs is 2. The summed E-state index contributed by atoms with van der Waals surface area (Å²) in [6, 6.07) is 3.14. The molecule has 2 bridgehead atoms. The van der Waals surface area contributed by atoms with Crippen LogP contribution in [0.1, 0.15) is 35.8 Å². The Morgan fingerprint density at radius 1 is 1.38 bits per heavy atom. The van der Waals surface area contributed by atoms with Crippen LogP contribution in [0.3, 0.4) is 0 Å². The van der Waals surface area contributed by atoms with E-state index in [2.05, 4.69) is 22.3 Å². The smallest absolute Gasteiger partial charge is 0.262 e. The van der Waals surface area contributed by atoms with Crippen molar-refractivity contribution >= 4 is 17.4 Å². The zero-order valence-corrected chi connectivity index (χ0v) is 14.6. The highest BCUT2D eigenvalue weighted by molar-refractivity contribution is 6.03. The molecule has 1 aliphatic carbocycles. The first-order valence-corrected chi connectivity index (χ1v) is 8.56. The molecule has 3 aliphatic rings. The predicted molar refractivity (Wildman–Crippen MR) is 94.4 cm³/mol. The Hall–Kier alpha value is -2.87. The van der Waals surface area contributed by atoms with E-state index in [4.69, 9.17) is 4.74 Å². The van der Waals surface area contributed by atoms with E-state index in [9.17, 15) is 9.59 Å². The van der Waals surface area contributed by atoms with Gasteiger partial charge in [0, 0.05) is 48.9 Å². The molecule has 2 N–H and O–H groups in total. The van der Waals surface area contributed by atoms with Gasteiger partial charge in [0.2, 0.25) is 0 Å². The molecular weight excluding hydrogens is 334 g/mol. The lowest BCUT2D eigenvalue weighted by atomic mass is 9.62. The minimum atomic E-state index is -0.468. The van der Waals surface area contributed by atoms with Gasteiger partial charge in [-0.25, -0.2) is 0 Å². The molecule has 26 heavy (non-hydrogen) atoms. The predicted octanol–water partition coefficient (Wildman–Crippen LogP) is 1.43. The highest BCUT2D eigenvalue weighted by atomic mass is 16.5. The van der Waals surface area contributed by atoms with Crippen LogP contribution in [0, 0.1) is 0 Å². The number of H-pyrrole nitrogens is 1. The van der Waals surface area contributed by atoms with Gasteiger partial charge in [0.05, 0.1) is 12.2 Å². The van der Waals surface area contributed by atoms with Crippen molar-refractivity contribution in [2.24, 2.45) is 7.05 Å². The van der Waals surface area contributed by atoms with Crippen LogP contribution in [0.25, 0.3) is 5.65 Å². The zero-order valence-electron chi connectivity index (χ0n) is 14.6. The SMILES string of the molecule is Cn1ccc(NC(=O)c2cn3cc(C45COC(C)(C4)C5)[nH]c3cc2=O)n1. The minimum Gasteiger partial charge on any atom is -0.374 e. The number of carbonyl (C=O) groups is 1. The molecule has 3 aromatic rings. The van der Waals surface area contributed by atoms with Gasteiger partial charge in [0.25, 0.3) is 5.91 Å². The van der Waals surface area contributed by atoms with E-state index in [1.54, 1.807) is 34.6 Å². The fourth-order valence-electron chi connectivity index (χ4n) is 4.34. The summed E-state index contributed by atoms with van der Waals surface area (Å²) in [6.07, 6.45) is 7.20. The van der Waals surface area contributed by atoms with Gasteiger partial charge in [0.1, 0.15) is 11.2 Å². The highest BCUT2D eigenvalue weighted by Gasteiger charge is 2.61. The Morgan fingerprint density at radius 2 is 2.19 bits per heavy atom. The van der Waals surface area contributed by atoms with Gasteiger partial charge < -0.3 is 19.4 Å². The van der Waals surface area contributed by atoms with E-state index in [1.165, 1.54) is 6.07 Å². The maximum absolute atomic E-state index is 12.5. The lowest BCUT2D eigenvalue weighted by Crippen LogP contribution is -2.45. The summed E-state index contributed by atoms with van der Waals surface area (Å²) in [7, 11) is 1.76. The summed E-state index contributed by atoms with van der Waals surface area (Å²) >= 11 is 0. The number of anilines is 1. The number of amides is 1. The van der Waals surface area contributed by atoms with Crippen LogP contribution in [0.5, 0.6) is 0 Å². The number of aryl methyl sites for hydroxylation is 1. The van der Waals surface area contributed by atoms with Crippen LogP contribution in [0.15, 0.2) is 35.5 Å². The second-order valence-electron chi connectivity index (χ2n) is 7.71. The molecule has 0 spiro atoms. The minimum absolute atomic E-state index is 0.000197. The second kappa shape index (κ2) is 4.85. The van der Waals surface area contributed by atoms with E-state index >= 15 is 0 Å². The molecule has 8 nitrogen and oxygen atoms in total. The summed E-state index contributed by atoms with van der Waals surface area (Å²) in [5.74, 6) is -0.0584. The van der Waals surface area contributed by atoms with Crippen molar-refractivity contribution < 1.29 is 9.53 Å². The lowest BCUT2D eigenvalue weighted by molar-refractivity contribution is 0.0154. The van der Waals surface area contributed by atoms with E-state index in [0.29, 0.717) is 18.1 Å². The van der Waals surface area contributed by atoms with Gasteiger partial charge in [-0.05, 0) is 19.8 Å². The molecule has 3 fully saturated rings. The molecule has 0 unspecified atom stereocenters. The van der Waals surface area contributed by atoms with Gasteiger partial charge in [-0.2, -0.15) is 5.10 Å². The molecule has 5 heterocycles. The summed E-state index contributed by atoms with van der Waals surface area (Å²) in [5.41, 5.74) is 1.46. The standard InChI is InChI=1S/C18H19N5O3/c1-17-8-18(9-17,10-26-17)13-7-23-6-11(12(24)5-15(23)19-13)16(25)20-14-3-4-22(2)21-14/h3-7,19H,8-10H2,1-2H3,(H,20,21,25). The normalized spacial score (nSPS) is 26.8. The van der Waals surface area contributed by atoms with Crippen molar-refractivity contribution in [3.63, 3.8) is 0 Å². The van der Waals surface area contributed by atoms with Crippen molar-refractivity contribution in [3.8, 4) is 0 Å². The fraction of sp³-hybridized carbons (Fsp3) is 0.389. The van der Waals surface area contributed by atoms with Crippen molar-refractivity contribution in [2.45, 2.75) is 30.8 Å². The third-order valence-electron chi connectivity index (χ3n) is 5.50. The Balaban J connectivity index is 1.49. The van der Waals surface area contributed by atoms with Gasteiger partial charge in [0.15, 0.2) is 11.2 Å². The number of nitrogens with one attached hydrogen (secondary N) is 2. The van der Waals surface area contributed by atoms with Crippen LogP contribution in [-0.4, -0.2) is 37.3 Å². The molecule has 0 radical (unpaired) electrons. The average Bonchev–Trinajstić information content (AvgIpc) is 3.29. The van der Waals surface area contributed by atoms with Crippen molar-refractivity contribution in [1.82, 2.24) is 19.2 Å². The highest BCUT2D eigenvalue weighted by Crippen LogP contribution is 2.58. The maximum atomic E-state index is 12.5. The number of ether oxygens (including phenoxy) is 1. The third-order valence-corrected chi connectivity index (χ3v) is 5.50. The topological polar surface area (TPSA) is 93.4 Å². The monoisotopic (exact) mass is 353 g/mol. The summed E-state index contributed by atoms with van der Waals surface area (Å²) in [5, 5.41) is 6.75. The molecule has 8 heteroatoms. The van der Waals surface area contributed by atoms with E-state index < -0.39 is 5.91 Å². The van der Waals surface area contributed by atoms with Crippen LogP contribution in [0.2, 0.25) is 0 Å². The van der Waals surface area contributed by atoms with Crippen molar-refractivity contribution in [1.29, 1.82) is 0 Å². The van der Waals surface area contributed by atoms with Crippen molar-refractivity contribution in [2.75, 3.05) is 11.9 Å². The number of hydrogen-bond donors (Lipinski definition) is 2. The van der Waals surface area contributed by atoms with Gasteiger partial charge in [-0.15, -0.1) is 0 Å². The molecule has 0 atom stereocenters. The largest absolute Gasteiger partial charge is 0.374 e. The van der Waals surface area contributed by atoms with Crippen LogP contribution >= 0.6 is 0 Å². The Morgan fingerprint density at radius 3 is 2.85 bits per heavy atom. The molecule has 134 valence electrons. The van der Waals surface area contributed by atoms with Crippen molar-refractivity contribution in [3.05, 3.63) is 52.2 Å². The number of hydrogen-bond acceptors (Lipinski definition) is 4. The fourth-order valence-corrected chi connectivity index (χ4v) is 4.34. The maximum Gasteiger partial charge on any atom is 0.262 e. The van der Waals surface area contributed by atoms with Gasteiger partial charge >= 0.3 is 0 Å². The van der Waals surface area contributed by atoms with E-state index in [-0.39, 0.29) is 22.0 Å². The molecule has 1 saturated carbocycles. The Labute approximate surface area is 148 Å². The molecular formula is C18H19N5O3. The molecule has 3 aromatic heterocycles. The first-order chi connectivity index (χ1) is 12.4. The number of aromatic amines is 1. The molecule has 2 saturated heterocycles. The first kappa shape index (κ1) is 15.4. The van der Waals surface area contributed by atoms with Crippen LogP contribution in [-0.2, 0) is 17.2 Å². The quantitative estimate of drug-likeness (QED) is 0.745. The first-order valence-electron chi connectivity index (χ1n) is 8.56. The number of aromatic nitrogens is 4. The summed E-state index contributed by atoms with van der Waals surface area (Å²) in [6.45, 7) is 2.82. The number of imidazole rings is 1. The Bertz CT molecular complexity index is 1100. The zero-order chi connectivity index (χ0) is 18.1. The number of pyridine rings is 1. The van der Waals surface area contributed by atoms with Crippen LogP contribution in [0.4, 0.5) is 5.82 Å². The second-order valence-corrected chi connectivity index (χ2v) is 7.71. The number of carbonyl (C=O) groups excluding carboxylic acids is 1. The molecule has 2 aliphatic heterocycles.